The van der Waals surface area contributed by atoms with Crippen molar-refractivity contribution in [1.29, 1.82) is 0 Å². The summed E-state index contributed by atoms with van der Waals surface area (Å²) < 4.78 is 177. The molecule has 16 rings (SSSR count). The molecule has 0 aliphatic carbocycles. The van der Waals surface area contributed by atoms with Crippen molar-refractivity contribution in [2.75, 3.05) is 0 Å². The van der Waals surface area contributed by atoms with E-state index >= 15 is 0 Å². The predicted molar refractivity (Wildman–Crippen MR) is 364 cm³/mol. The topological polar surface area (TPSA) is 66.7 Å². The Hall–Kier alpha value is -10.3. The zero-order chi connectivity index (χ0) is 75.3. The monoisotopic (exact) mass is 1190 g/mol. The second-order valence-corrected chi connectivity index (χ2v) is 20.8. The molecule has 86 heavy (non-hydrogen) atoms. The molecule has 2 heterocycles. The second kappa shape index (κ2) is 23.7. The van der Waals surface area contributed by atoms with Gasteiger partial charge in [-0.1, -0.05) is 282 Å². The predicted octanol–water partition coefficient (Wildman–Crippen LogP) is 21.3. The lowest BCUT2D eigenvalue weighted by Gasteiger charge is -2.17. The van der Waals surface area contributed by atoms with Gasteiger partial charge in [0.25, 0.3) is 0 Å². The van der Waals surface area contributed by atoms with Crippen LogP contribution < -0.4 is 5.46 Å². The van der Waals surface area contributed by atoms with E-state index in [1.54, 1.807) is 91.4 Å². The van der Waals surface area contributed by atoms with Crippen LogP contribution in [0.2, 0.25) is 0 Å². The van der Waals surface area contributed by atoms with Crippen molar-refractivity contribution in [2.45, 2.75) is 0 Å². The molecule has 2 aromatic heterocycles. The molecule has 2 N–H and O–H groups in total. The summed E-state index contributed by atoms with van der Waals surface area (Å²) in [6.07, 6.45) is 3.31. The van der Waals surface area contributed by atoms with Crippen LogP contribution in [0.25, 0.3) is 143 Å². The number of hydrogen-bond acceptors (Lipinski definition) is 4. The molecule has 0 unspecified atom stereocenters. The summed E-state index contributed by atoms with van der Waals surface area (Å²) in [6.45, 7) is 0. The van der Waals surface area contributed by atoms with Crippen molar-refractivity contribution in [3.63, 3.8) is 0 Å². The summed E-state index contributed by atoms with van der Waals surface area (Å²) in [7, 11) is -1.72. The fraction of sp³-hybridized carbons (Fsp3) is 0. The fourth-order valence-electron chi connectivity index (χ4n) is 11.2. The highest BCUT2D eigenvalue weighted by molar-refractivity contribution is 9.10. The summed E-state index contributed by atoms with van der Waals surface area (Å²) in [6, 6.07) is 48.8. The van der Waals surface area contributed by atoms with Gasteiger partial charge >= 0.3 is 7.12 Å². The Bertz CT molecular complexity index is 6110. The minimum atomic E-state index is -1.72. The molecule has 14 aromatic carbocycles. The standard InChI is InChI=1S/C40H26O.C20H15BO2.C20H13BrO/c1-3-11-27(12-4-1)31-23-24-38-36(25-31)37(26-41-38)28-19-21-30(22-20-28)40-34-17-9-7-15-32(34)39(29-13-5-2-6-14-29)33-16-8-10-18-35(33)40;22-21(23)20-17-12-6-4-10-15(17)19(14-8-2-1-3-9-14)16-11-5-7-13-18(16)20;21-17-9-6-15(7-10-17)19-13-22-20-11-8-16(12-18(19)20)14-4-2-1-3-5-14/h1-26H;1-13,22-23H;1-13H/i1D,2D,3D,4D,5D,6D,11D,12D,13D,14D;1D,2D,3D,8D,9D;1D,2D,3D,4D,5D. The van der Waals surface area contributed by atoms with Crippen LogP contribution in [0.4, 0.5) is 0 Å². The van der Waals surface area contributed by atoms with Crippen LogP contribution in [-0.2, 0) is 0 Å². The van der Waals surface area contributed by atoms with Crippen LogP contribution in [0, 0.1) is 0 Å². The van der Waals surface area contributed by atoms with Crippen LogP contribution in [0.1, 0.15) is 27.4 Å². The number of hydrogen-bond donors (Lipinski definition) is 2. The van der Waals surface area contributed by atoms with Crippen molar-refractivity contribution < 1.29 is 46.3 Å². The van der Waals surface area contributed by atoms with E-state index in [0.29, 0.717) is 60.4 Å². The van der Waals surface area contributed by atoms with Gasteiger partial charge in [0.1, 0.15) is 11.2 Å². The molecule has 0 spiro atoms. The molecule has 0 fully saturated rings. The minimum absolute atomic E-state index is 0.0948. The third-order valence-electron chi connectivity index (χ3n) is 15.0. The van der Waals surface area contributed by atoms with E-state index in [1.165, 1.54) is 0 Å². The highest BCUT2D eigenvalue weighted by Gasteiger charge is 2.23. The van der Waals surface area contributed by atoms with Crippen LogP contribution >= 0.6 is 15.9 Å². The van der Waals surface area contributed by atoms with Gasteiger partial charge in [-0.15, -0.1) is 0 Å². The smallest absolute Gasteiger partial charge is 0.464 e. The van der Waals surface area contributed by atoms with Gasteiger partial charge in [-0.05, 0) is 152 Å². The van der Waals surface area contributed by atoms with Gasteiger partial charge in [-0.3, -0.25) is 0 Å². The van der Waals surface area contributed by atoms with Crippen LogP contribution in [0.5, 0.6) is 0 Å². The number of furan rings is 2. The van der Waals surface area contributed by atoms with Gasteiger partial charge in [-0.25, -0.2) is 0 Å². The highest BCUT2D eigenvalue weighted by atomic mass is 79.9. The first-order valence-corrected chi connectivity index (χ1v) is 27.9. The number of benzene rings is 14. The molecule has 0 saturated carbocycles. The molecule has 16 aromatic rings. The second-order valence-electron chi connectivity index (χ2n) is 19.9. The van der Waals surface area contributed by atoms with Gasteiger partial charge in [0.15, 0.2) is 0 Å². The van der Waals surface area contributed by atoms with E-state index in [-0.39, 0.29) is 94.8 Å². The first-order valence-electron chi connectivity index (χ1n) is 37.1. The Morgan fingerprint density at radius 1 is 0.291 bits per heavy atom. The number of fused-ring (bicyclic) bond motifs is 6. The quantitative estimate of drug-likeness (QED) is 0.118. The van der Waals surface area contributed by atoms with E-state index < -0.39 is 55.5 Å². The SMILES string of the molecule is [2H]c1c([2H])c([2H])c(-c2c3ccccc3c(B(O)O)c3ccccc23)c([2H])c1[2H].[2H]c1c([2H])c([2H])c(-c2ccc3occ(-c4ccc(-c5c6ccccc6c(-c6c([2H])c([2H])c([2H])c([2H])c6[2H])c6ccccc56)cc4)c3c2)c([2H])c1[2H].[2H]c1c([2H])c([2H])c(-c2ccc3occ(-c4ccc(Br)cc4)c3c2)c([2H])c1[2H]. The lowest BCUT2D eigenvalue weighted by atomic mass is 9.72. The molecule has 6 heteroatoms. The van der Waals surface area contributed by atoms with Crippen LogP contribution in [0.15, 0.2) is 329 Å². The molecule has 0 amide bonds. The first kappa shape index (κ1) is 35.7. The lowest BCUT2D eigenvalue weighted by Crippen LogP contribution is -2.31. The first-order chi connectivity index (χ1) is 50.7. The normalized spacial score (nSPS) is 14.5. The average molecular weight is 1190 g/mol. The van der Waals surface area contributed by atoms with Crippen molar-refractivity contribution in [2.24, 2.45) is 0 Å². The molecule has 0 radical (unpaired) electrons. The number of rotatable bonds is 8. The molecule has 4 nitrogen and oxygen atoms in total. The van der Waals surface area contributed by atoms with Crippen LogP contribution in [0.3, 0.4) is 0 Å². The highest BCUT2D eigenvalue weighted by Crippen LogP contribution is 2.45. The van der Waals surface area contributed by atoms with E-state index in [1.807, 2.05) is 103 Å². The van der Waals surface area contributed by atoms with Crippen molar-refractivity contribution >= 4 is 93.5 Å². The maximum atomic E-state index is 10.0. The molecule has 0 saturated heterocycles. The van der Waals surface area contributed by atoms with Crippen molar-refractivity contribution in [3.8, 4) is 77.9 Å². The van der Waals surface area contributed by atoms with Gasteiger partial charge in [0.2, 0.25) is 0 Å². The van der Waals surface area contributed by atoms with Crippen molar-refractivity contribution in [1.82, 2.24) is 0 Å². The lowest BCUT2D eigenvalue weighted by molar-refractivity contribution is 0.426. The van der Waals surface area contributed by atoms with Gasteiger partial charge in [0.05, 0.1) is 39.9 Å². The Kier molecular flexibility index (Phi) is 9.86. The molecule has 408 valence electrons. The Balaban J connectivity index is 0.000000145. The van der Waals surface area contributed by atoms with Crippen LogP contribution in [-0.4, -0.2) is 17.2 Å². The third-order valence-corrected chi connectivity index (χ3v) is 15.6. The Labute approximate surface area is 535 Å². The summed E-state index contributed by atoms with van der Waals surface area (Å²) in [5, 5.41) is 27.1. The van der Waals surface area contributed by atoms with E-state index in [4.69, 9.17) is 36.2 Å². The maximum absolute atomic E-state index is 10.0. The zero-order valence-electron chi connectivity index (χ0n) is 65.1. The number of halogens is 1. The van der Waals surface area contributed by atoms with E-state index in [2.05, 4.69) is 15.9 Å². The summed E-state index contributed by atoms with van der Waals surface area (Å²) in [5.41, 5.74) is 9.55. The molecule has 0 bridgehead atoms. The van der Waals surface area contributed by atoms with E-state index in [9.17, 15) is 10.0 Å². The van der Waals surface area contributed by atoms with Gasteiger partial charge in [-0.2, -0.15) is 0 Å². The summed E-state index contributed by atoms with van der Waals surface area (Å²) in [5.74, 6) is 0. The van der Waals surface area contributed by atoms with Crippen molar-refractivity contribution in [3.05, 3.63) is 320 Å². The molecule has 0 aliphatic heterocycles. The minimum Gasteiger partial charge on any atom is -0.464 e. The maximum Gasteiger partial charge on any atom is 0.489 e. The molecular weight excluding hydrogens is 1120 g/mol. The summed E-state index contributed by atoms with van der Waals surface area (Å²) >= 11 is 3.42. The average Bonchev–Trinajstić information content (AvgIpc) is 0.929. The molecule has 0 aliphatic rings. The fourth-order valence-corrected chi connectivity index (χ4v) is 11.5. The Morgan fingerprint density at radius 3 is 0.942 bits per heavy atom. The molecule has 0 atom stereocenters. The third kappa shape index (κ3) is 10.4. The zero-order valence-corrected chi connectivity index (χ0v) is 46.7. The van der Waals surface area contributed by atoms with E-state index in [0.717, 1.165) is 70.2 Å². The van der Waals surface area contributed by atoms with Gasteiger partial charge in [0, 0.05) is 26.4 Å². The summed E-state index contributed by atoms with van der Waals surface area (Å²) in [4.78, 5) is 0. The largest absolute Gasteiger partial charge is 0.489 e. The van der Waals surface area contributed by atoms with Gasteiger partial charge < -0.3 is 18.9 Å². The molecular formula is C80H54BBrO4. The Morgan fingerprint density at radius 2 is 0.581 bits per heavy atom.